The summed E-state index contributed by atoms with van der Waals surface area (Å²) in [6, 6.07) is 12.1. The lowest BCUT2D eigenvalue weighted by Crippen LogP contribution is -2.41. The molecule has 0 fully saturated rings. The van der Waals surface area contributed by atoms with Gasteiger partial charge in [-0.15, -0.1) is 0 Å². The van der Waals surface area contributed by atoms with Crippen LogP contribution in [0, 0.1) is 6.92 Å². The van der Waals surface area contributed by atoms with Crippen LogP contribution in [0.1, 0.15) is 30.5 Å². The SMILES string of the molecule is CC[C@@H](NC(=O)CN(c1ccc(Cl)c(Cl)c1)S(C)(=O)=O)c1ccc(C)cc1. The summed E-state index contributed by atoms with van der Waals surface area (Å²) >= 11 is 11.9. The molecule has 0 saturated carbocycles. The van der Waals surface area contributed by atoms with E-state index in [-0.39, 0.29) is 23.3 Å². The molecular weight excluding hydrogens is 407 g/mol. The predicted octanol–water partition coefficient (Wildman–Crippen LogP) is 4.34. The van der Waals surface area contributed by atoms with Crippen molar-refractivity contribution in [3.8, 4) is 0 Å². The van der Waals surface area contributed by atoms with Gasteiger partial charge >= 0.3 is 0 Å². The number of hydrogen-bond acceptors (Lipinski definition) is 3. The Kier molecular flexibility index (Phi) is 7.14. The largest absolute Gasteiger partial charge is 0.348 e. The molecule has 1 atom stereocenters. The molecule has 1 amide bonds. The van der Waals surface area contributed by atoms with Gasteiger partial charge in [0.15, 0.2) is 0 Å². The summed E-state index contributed by atoms with van der Waals surface area (Å²) in [6.45, 7) is 3.60. The van der Waals surface area contributed by atoms with E-state index in [4.69, 9.17) is 23.2 Å². The Labute approximate surface area is 170 Å². The van der Waals surface area contributed by atoms with Gasteiger partial charge < -0.3 is 5.32 Å². The zero-order valence-corrected chi connectivity index (χ0v) is 17.7. The molecule has 2 aromatic carbocycles. The van der Waals surface area contributed by atoms with E-state index in [1.807, 2.05) is 38.1 Å². The van der Waals surface area contributed by atoms with Gasteiger partial charge in [0, 0.05) is 0 Å². The Hall–Kier alpha value is -1.76. The van der Waals surface area contributed by atoms with Crippen LogP contribution in [0.5, 0.6) is 0 Å². The van der Waals surface area contributed by atoms with Gasteiger partial charge in [0.1, 0.15) is 6.54 Å². The fraction of sp³-hybridized carbons (Fsp3) is 0.316. The molecule has 0 radical (unpaired) electrons. The average molecular weight is 429 g/mol. The molecule has 0 saturated heterocycles. The molecule has 2 rings (SSSR count). The fourth-order valence-electron chi connectivity index (χ4n) is 2.63. The molecule has 0 unspecified atom stereocenters. The summed E-state index contributed by atoms with van der Waals surface area (Å²) < 4.78 is 25.4. The third-order valence-electron chi connectivity index (χ3n) is 4.10. The maximum absolute atomic E-state index is 12.6. The second-order valence-corrected chi connectivity index (χ2v) is 9.03. The maximum Gasteiger partial charge on any atom is 0.241 e. The van der Waals surface area contributed by atoms with Gasteiger partial charge in [0.2, 0.25) is 15.9 Å². The monoisotopic (exact) mass is 428 g/mol. The van der Waals surface area contributed by atoms with Gasteiger partial charge in [-0.3, -0.25) is 9.10 Å². The van der Waals surface area contributed by atoms with Gasteiger partial charge in [-0.05, 0) is 37.1 Å². The summed E-state index contributed by atoms with van der Waals surface area (Å²) in [4.78, 5) is 12.6. The number of aryl methyl sites for hydroxylation is 1. The second kappa shape index (κ2) is 8.95. The molecular formula is C19H22Cl2N2O3S. The number of anilines is 1. The third-order valence-corrected chi connectivity index (χ3v) is 5.98. The topological polar surface area (TPSA) is 66.5 Å². The first-order valence-corrected chi connectivity index (χ1v) is 11.0. The first-order valence-electron chi connectivity index (χ1n) is 8.40. The number of rotatable bonds is 7. The van der Waals surface area contributed by atoms with E-state index in [1.54, 1.807) is 0 Å². The predicted molar refractivity (Wildman–Crippen MR) is 111 cm³/mol. The molecule has 0 spiro atoms. The first-order chi connectivity index (χ1) is 12.6. The van der Waals surface area contributed by atoms with Crippen molar-refractivity contribution in [1.82, 2.24) is 5.32 Å². The normalized spacial score (nSPS) is 12.5. The van der Waals surface area contributed by atoms with Crippen molar-refractivity contribution < 1.29 is 13.2 Å². The van der Waals surface area contributed by atoms with E-state index in [9.17, 15) is 13.2 Å². The number of hydrogen-bond donors (Lipinski definition) is 1. The molecule has 0 aliphatic carbocycles. The Morgan fingerprint density at radius 3 is 2.26 bits per heavy atom. The van der Waals surface area contributed by atoms with Crippen LogP contribution in [0.2, 0.25) is 10.0 Å². The zero-order valence-electron chi connectivity index (χ0n) is 15.4. The van der Waals surface area contributed by atoms with Crippen LogP contribution in [0.25, 0.3) is 0 Å². The molecule has 0 aliphatic heterocycles. The quantitative estimate of drug-likeness (QED) is 0.712. The van der Waals surface area contributed by atoms with Gasteiger partial charge in [-0.2, -0.15) is 0 Å². The van der Waals surface area contributed by atoms with E-state index >= 15 is 0 Å². The lowest BCUT2D eigenvalue weighted by Gasteiger charge is -2.24. The highest BCUT2D eigenvalue weighted by Gasteiger charge is 2.23. The van der Waals surface area contributed by atoms with Crippen LogP contribution in [0.4, 0.5) is 5.69 Å². The van der Waals surface area contributed by atoms with Crippen LogP contribution >= 0.6 is 23.2 Å². The Balaban J connectivity index is 2.20. The second-order valence-electron chi connectivity index (χ2n) is 6.31. The molecule has 146 valence electrons. The molecule has 0 heterocycles. The van der Waals surface area contributed by atoms with Gasteiger partial charge in [0.05, 0.1) is 28.0 Å². The molecule has 8 heteroatoms. The van der Waals surface area contributed by atoms with Gasteiger partial charge in [-0.1, -0.05) is 60.0 Å². The van der Waals surface area contributed by atoms with E-state index in [0.29, 0.717) is 11.4 Å². The summed E-state index contributed by atoms with van der Waals surface area (Å²) in [5, 5.41) is 3.42. The molecule has 27 heavy (non-hydrogen) atoms. The minimum Gasteiger partial charge on any atom is -0.348 e. The number of nitrogens with one attached hydrogen (secondary N) is 1. The van der Waals surface area contributed by atoms with Crippen molar-refractivity contribution >= 4 is 44.8 Å². The molecule has 5 nitrogen and oxygen atoms in total. The Morgan fingerprint density at radius 2 is 1.74 bits per heavy atom. The van der Waals surface area contributed by atoms with E-state index in [1.165, 1.54) is 18.2 Å². The standard InChI is InChI=1S/C19H22Cl2N2O3S/c1-4-18(14-7-5-13(2)6-8-14)22-19(24)12-23(27(3,25)26)15-9-10-16(20)17(21)11-15/h5-11,18H,4,12H2,1-3H3,(H,22,24)/t18-/m1/s1. The Bertz CT molecular complexity index is 915. The zero-order chi connectivity index (χ0) is 20.2. The van der Waals surface area contributed by atoms with Crippen molar-refractivity contribution in [2.75, 3.05) is 17.1 Å². The highest BCUT2D eigenvalue weighted by atomic mass is 35.5. The number of benzene rings is 2. The fourth-order valence-corrected chi connectivity index (χ4v) is 3.77. The van der Waals surface area contributed by atoms with Crippen molar-refractivity contribution in [2.24, 2.45) is 0 Å². The lowest BCUT2D eigenvalue weighted by molar-refractivity contribution is -0.120. The molecule has 0 aromatic heterocycles. The van der Waals surface area contributed by atoms with E-state index < -0.39 is 15.9 Å². The number of nitrogens with zero attached hydrogens (tertiary/aromatic N) is 1. The van der Waals surface area contributed by atoms with Crippen molar-refractivity contribution in [2.45, 2.75) is 26.3 Å². The van der Waals surface area contributed by atoms with Crippen molar-refractivity contribution in [1.29, 1.82) is 0 Å². The van der Waals surface area contributed by atoms with Gasteiger partial charge in [-0.25, -0.2) is 8.42 Å². The van der Waals surface area contributed by atoms with Gasteiger partial charge in [0.25, 0.3) is 0 Å². The highest BCUT2D eigenvalue weighted by molar-refractivity contribution is 7.92. The Morgan fingerprint density at radius 1 is 1.11 bits per heavy atom. The number of halogens is 2. The van der Waals surface area contributed by atoms with Crippen molar-refractivity contribution in [3.63, 3.8) is 0 Å². The summed E-state index contributed by atoms with van der Waals surface area (Å²) in [7, 11) is -3.68. The van der Waals surface area contributed by atoms with Crippen LogP contribution in [-0.2, 0) is 14.8 Å². The molecule has 1 N–H and O–H groups in total. The number of amides is 1. The highest BCUT2D eigenvalue weighted by Crippen LogP contribution is 2.28. The summed E-state index contributed by atoms with van der Waals surface area (Å²) in [5.41, 5.74) is 2.38. The smallest absolute Gasteiger partial charge is 0.241 e. The number of sulfonamides is 1. The minimum atomic E-state index is -3.68. The van der Waals surface area contributed by atoms with Crippen LogP contribution in [0.15, 0.2) is 42.5 Å². The third kappa shape index (κ3) is 5.86. The summed E-state index contributed by atoms with van der Waals surface area (Å²) in [5.74, 6) is -0.404. The number of carbonyl (C=O) groups excluding carboxylic acids is 1. The van der Waals surface area contributed by atoms with E-state index in [0.717, 1.165) is 21.7 Å². The molecule has 0 aliphatic rings. The molecule has 2 aromatic rings. The molecule has 0 bridgehead atoms. The lowest BCUT2D eigenvalue weighted by atomic mass is 10.0. The van der Waals surface area contributed by atoms with Crippen LogP contribution < -0.4 is 9.62 Å². The number of carbonyl (C=O) groups is 1. The van der Waals surface area contributed by atoms with E-state index in [2.05, 4.69) is 5.32 Å². The maximum atomic E-state index is 12.6. The first kappa shape index (κ1) is 21.5. The van der Waals surface area contributed by atoms with Crippen LogP contribution in [-0.4, -0.2) is 27.1 Å². The van der Waals surface area contributed by atoms with Crippen molar-refractivity contribution in [3.05, 3.63) is 63.6 Å². The van der Waals surface area contributed by atoms with Crippen LogP contribution in [0.3, 0.4) is 0 Å². The average Bonchev–Trinajstić information content (AvgIpc) is 2.60. The minimum absolute atomic E-state index is 0.201. The summed E-state index contributed by atoms with van der Waals surface area (Å²) in [6.07, 6.45) is 1.72.